The van der Waals surface area contributed by atoms with Crippen LogP contribution in [-0.4, -0.2) is 10.6 Å². The van der Waals surface area contributed by atoms with Crippen molar-refractivity contribution in [2.75, 3.05) is 0 Å². The third-order valence-corrected chi connectivity index (χ3v) is 3.31. The Morgan fingerprint density at radius 2 is 1.94 bits per heavy atom. The fourth-order valence-electron chi connectivity index (χ4n) is 2.48. The molecule has 0 saturated heterocycles. The Kier molecular flexibility index (Phi) is 3.26. The number of rotatable bonds is 2. The molecular formula is C15H20N2O. The van der Waals surface area contributed by atoms with Crippen LogP contribution in [0.1, 0.15) is 23.6 Å². The lowest BCUT2D eigenvalue weighted by Gasteiger charge is -2.13. The van der Waals surface area contributed by atoms with E-state index in [1.165, 1.54) is 11.1 Å². The molecule has 0 radical (unpaired) electrons. The molecule has 3 heteroatoms. The van der Waals surface area contributed by atoms with Crippen LogP contribution < -0.4 is 11.3 Å². The van der Waals surface area contributed by atoms with Gasteiger partial charge < -0.3 is 10.3 Å². The SMILES string of the molecule is Cc1cc(C)c2cc(CC(C)N)c(=O)n(C)c2c1. The van der Waals surface area contributed by atoms with Crippen molar-refractivity contribution in [1.29, 1.82) is 0 Å². The molecule has 0 aliphatic rings. The highest BCUT2D eigenvalue weighted by Crippen LogP contribution is 2.20. The van der Waals surface area contributed by atoms with E-state index in [2.05, 4.69) is 19.1 Å². The molecule has 0 amide bonds. The van der Waals surface area contributed by atoms with Crippen LogP contribution in [0.25, 0.3) is 10.9 Å². The highest BCUT2D eigenvalue weighted by Gasteiger charge is 2.10. The molecule has 2 N–H and O–H groups in total. The standard InChI is InChI=1S/C15H20N2O/c1-9-5-10(2)13-8-12(7-11(3)16)15(18)17(4)14(13)6-9/h5-6,8,11H,7,16H2,1-4H3. The Hall–Kier alpha value is -1.61. The van der Waals surface area contributed by atoms with Crippen LogP contribution in [-0.2, 0) is 13.5 Å². The molecule has 0 aliphatic carbocycles. The fraction of sp³-hybridized carbons (Fsp3) is 0.400. The quantitative estimate of drug-likeness (QED) is 0.879. The smallest absolute Gasteiger partial charge is 0.254 e. The van der Waals surface area contributed by atoms with Crippen molar-refractivity contribution >= 4 is 10.9 Å². The highest BCUT2D eigenvalue weighted by molar-refractivity contribution is 5.83. The van der Waals surface area contributed by atoms with Crippen molar-refractivity contribution in [2.24, 2.45) is 12.8 Å². The molecule has 1 heterocycles. The molecular weight excluding hydrogens is 224 g/mol. The molecule has 3 nitrogen and oxygen atoms in total. The lowest BCUT2D eigenvalue weighted by Crippen LogP contribution is -2.27. The van der Waals surface area contributed by atoms with E-state index >= 15 is 0 Å². The Morgan fingerprint density at radius 1 is 1.28 bits per heavy atom. The first-order valence-electron chi connectivity index (χ1n) is 6.25. The molecule has 1 aromatic carbocycles. The van der Waals surface area contributed by atoms with Gasteiger partial charge in [0.1, 0.15) is 0 Å². The summed E-state index contributed by atoms with van der Waals surface area (Å²) in [5.41, 5.74) is 10.0. The summed E-state index contributed by atoms with van der Waals surface area (Å²) in [6, 6.07) is 6.19. The van der Waals surface area contributed by atoms with Crippen molar-refractivity contribution < 1.29 is 0 Å². The Morgan fingerprint density at radius 3 is 2.56 bits per heavy atom. The van der Waals surface area contributed by atoms with E-state index in [4.69, 9.17) is 5.73 Å². The van der Waals surface area contributed by atoms with Crippen LogP contribution in [0.2, 0.25) is 0 Å². The Labute approximate surface area is 107 Å². The molecule has 1 atom stereocenters. The van der Waals surface area contributed by atoms with Crippen LogP contribution in [0.15, 0.2) is 23.0 Å². The van der Waals surface area contributed by atoms with Crippen molar-refractivity contribution in [3.63, 3.8) is 0 Å². The molecule has 2 rings (SSSR count). The molecule has 0 spiro atoms. The van der Waals surface area contributed by atoms with E-state index in [0.717, 1.165) is 16.5 Å². The van der Waals surface area contributed by atoms with E-state index in [1.54, 1.807) is 4.57 Å². The molecule has 18 heavy (non-hydrogen) atoms. The number of aryl methyl sites for hydroxylation is 3. The number of nitrogens with two attached hydrogens (primary N) is 1. The van der Waals surface area contributed by atoms with Gasteiger partial charge in [-0.3, -0.25) is 4.79 Å². The summed E-state index contributed by atoms with van der Waals surface area (Å²) >= 11 is 0. The van der Waals surface area contributed by atoms with Gasteiger partial charge in [0.25, 0.3) is 5.56 Å². The predicted octanol–water partition coefficient (Wildman–Crippen LogP) is 2.05. The number of pyridine rings is 1. The zero-order chi connectivity index (χ0) is 13.4. The van der Waals surface area contributed by atoms with Crippen LogP contribution in [0, 0.1) is 13.8 Å². The summed E-state index contributed by atoms with van der Waals surface area (Å²) < 4.78 is 1.73. The third kappa shape index (κ3) is 2.18. The second-order valence-electron chi connectivity index (χ2n) is 5.23. The summed E-state index contributed by atoms with van der Waals surface area (Å²) in [4.78, 5) is 12.2. The number of hydrogen-bond acceptors (Lipinski definition) is 2. The lowest BCUT2D eigenvalue weighted by molar-refractivity contribution is 0.722. The summed E-state index contributed by atoms with van der Waals surface area (Å²) in [5.74, 6) is 0. The minimum Gasteiger partial charge on any atom is -0.328 e. The van der Waals surface area contributed by atoms with Crippen LogP contribution in [0.4, 0.5) is 0 Å². The zero-order valence-electron chi connectivity index (χ0n) is 11.4. The topological polar surface area (TPSA) is 48.0 Å². The van der Waals surface area contributed by atoms with E-state index in [1.807, 2.05) is 27.0 Å². The number of benzene rings is 1. The largest absolute Gasteiger partial charge is 0.328 e. The van der Waals surface area contributed by atoms with Gasteiger partial charge in [-0.2, -0.15) is 0 Å². The number of hydrogen-bond donors (Lipinski definition) is 1. The second kappa shape index (κ2) is 4.58. The van der Waals surface area contributed by atoms with Crippen LogP contribution in [0.5, 0.6) is 0 Å². The first kappa shape index (κ1) is 12.8. The minimum absolute atomic E-state index is 0.000837. The first-order valence-corrected chi connectivity index (χ1v) is 6.25. The Balaban J connectivity index is 2.79. The molecule has 1 unspecified atom stereocenters. The molecule has 2 aromatic rings. The average molecular weight is 244 g/mol. The van der Waals surface area contributed by atoms with E-state index in [9.17, 15) is 4.79 Å². The van der Waals surface area contributed by atoms with Crippen LogP contribution in [0.3, 0.4) is 0 Å². The van der Waals surface area contributed by atoms with Gasteiger partial charge in [-0.1, -0.05) is 6.07 Å². The van der Waals surface area contributed by atoms with Crippen molar-refractivity contribution in [3.8, 4) is 0 Å². The third-order valence-electron chi connectivity index (χ3n) is 3.31. The van der Waals surface area contributed by atoms with Crippen molar-refractivity contribution in [3.05, 3.63) is 45.2 Å². The van der Waals surface area contributed by atoms with Gasteiger partial charge >= 0.3 is 0 Å². The zero-order valence-corrected chi connectivity index (χ0v) is 11.4. The summed E-state index contributed by atoms with van der Waals surface area (Å²) in [6.07, 6.45) is 0.621. The monoisotopic (exact) mass is 244 g/mol. The summed E-state index contributed by atoms with van der Waals surface area (Å²) in [5, 5.41) is 1.14. The van der Waals surface area contributed by atoms with Gasteiger partial charge in [0, 0.05) is 24.0 Å². The van der Waals surface area contributed by atoms with E-state index in [0.29, 0.717) is 6.42 Å². The minimum atomic E-state index is 0.000837. The highest BCUT2D eigenvalue weighted by atomic mass is 16.1. The van der Waals surface area contributed by atoms with Gasteiger partial charge in [0.15, 0.2) is 0 Å². The number of aromatic nitrogens is 1. The molecule has 0 bridgehead atoms. The van der Waals surface area contributed by atoms with E-state index < -0.39 is 0 Å². The maximum Gasteiger partial charge on any atom is 0.254 e. The molecule has 0 aliphatic heterocycles. The first-order chi connectivity index (χ1) is 8.40. The van der Waals surface area contributed by atoms with Gasteiger partial charge in [-0.05, 0) is 50.5 Å². The van der Waals surface area contributed by atoms with Gasteiger partial charge in [-0.15, -0.1) is 0 Å². The second-order valence-corrected chi connectivity index (χ2v) is 5.23. The molecule has 96 valence electrons. The lowest BCUT2D eigenvalue weighted by atomic mass is 10.0. The van der Waals surface area contributed by atoms with Crippen molar-refractivity contribution in [1.82, 2.24) is 4.57 Å². The van der Waals surface area contributed by atoms with Crippen molar-refractivity contribution in [2.45, 2.75) is 33.2 Å². The summed E-state index contributed by atoms with van der Waals surface area (Å²) in [7, 11) is 1.83. The maximum absolute atomic E-state index is 12.2. The maximum atomic E-state index is 12.2. The van der Waals surface area contributed by atoms with Crippen LogP contribution >= 0.6 is 0 Å². The predicted molar refractivity (Wildman–Crippen MR) is 76.0 cm³/mol. The fourth-order valence-corrected chi connectivity index (χ4v) is 2.48. The number of nitrogens with zero attached hydrogens (tertiary/aromatic N) is 1. The van der Waals surface area contributed by atoms with Gasteiger partial charge in [0.2, 0.25) is 0 Å². The number of fused-ring (bicyclic) bond motifs is 1. The van der Waals surface area contributed by atoms with Gasteiger partial charge in [0.05, 0.1) is 5.52 Å². The average Bonchev–Trinajstić information content (AvgIpc) is 2.26. The summed E-state index contributed by atoms with van der Waals surface area (Å²) in [6.45, 7) is 6.05. The Bertz CT molecular complexity index is 654. The molecule has 0 fully saturated rings. The molecule has 1 aromatic heterocycles. The molecule has 0 saturated carbocycles. The van der Waals surface area contributed by atoms with Gasteiger partial charge in [-0.25, -0.2) is 0 Å². The normalized spacial score (nSPS) is 12.9. The van der Waals surface area contributed by atoms with E-state index in [-0.39, 0.29) is 11.6 Å².